The maximum Gasteiger partial charge on any atom is 0.411 e. The summed E-state index contributed by atoms with van der Waals surface area (Å²) in [5, 5.41) is 3.53. The molecule has 1 heterocycles. The predicted molar refractivity (Wildman–Crippen MR) is 76.6 cm³/mol. The normalized spacial score (nSPS) is 11.8. The lowest BCUT2D eigenvalue weighted by molar-refractivity contribution is -0.173. The highest BCUT2D eigenvalue weighted by Gasteiger charge is 2.27. The summed E-state index contributed by atoms with van der Waals surface area (Å²) in [5.74, 6) is -0.247. The summed E-state index contributed by atoms with van der Waals surface area (Å²) >= 11 is 0. The minimum Gasteiger partial charge on any atom is -0.370 e. The number of halogens is 3. The van der Waals surface area contributed by atoms with Crippen LogP contribution >= 0.6 is 0 Å². The summed E-state index contributed by atoms with van der Waals surface area (Å²) in [7, 11) is 0. The van der Waals surface area contributed by atoms with Crippen LogP contribution in [0.15, 0.2) is 24.3 Å². The monoisotopic (exact) mass is 314 g/mol. The topological polar surface area (TPSA) is 54.1 Å². The minimum absolute atomic E-state index is 0.0519. The number of nitrogens with one attached hydrogen (secondary N) is 2. The molecule has 120 valence electrons. The first kappa shape index (κ1) is 16.4. The third-order valence-electron chi connectivity index (χ3n) is 3.20. The zero-order valence-electron chi connectivity index (χ0n) is 12.1. The molecule has 22 heavy (non-hydrogen) atoms. The summed E-state index contributed by atoms with van der Waals surface area (Å²) < 4.78 is 40.0. The van der Waals surface area contributed by atoms with Crippen LogP contribution in [0.3, 0.4) is 0 Å². The number of aryl methyl sites for hydroxylation is 1. The van der Waals surface area contributed by atoms with E-state index in [2.05, 4.69) is 15.0 Å². The Morgan fingerprint density at radius 2 is 2.05 bits per heavy atom. The summed E-state index contributed by atoms with van der Waals surface area (Å²) in [6.45, 7) is 0.466. The molecule has 1 aromatic heterocycles. The van der Waals surface area contributed by atoms with Crippen molar-refractivity contribution >= 4 is 16.8 Å². The lowest BCUT2D eigenvalue weighted by Crippen LogP contribution is -2.30. The molecule has 0 spiro atoms. The van der Waals surface area contributed by atoms with Gasteiger partial charge in [0.25, 0.3) is 0 Å². The van der Waals surface area contributed by atoms with E-state index in [4.69, 9.17) is 0 Å². The van der Waals surface area contributed by atoms with Crippen molar-refractivity contribution in [3.8, 4) is 0 Å². The number of rotatable bonds is 6. The van der Waals surface area contributed by atoms with Crippen LogP contribution in [0.4, 0.5) is 13.2 Å². The fourth-order valence-electron chi connectivity index (χ4n) is 2.24. The molecule has 0 saturated heterocycles. The molecule has 0 atom stereocenters. The van der Waals surface area contributed by atoms with E-state index >= 15 is 0 Å². The van der Waals surface area contributed by atoms with Gasteiger partial charge in [-0.3, -0.25) is 4.79 Å². The molecule has 2 aromatic rings. The van der Waals surface area contributed by atoms with Crippen molar-refractivity contribution in [1.82, 2.24) is 10.3 Å². The summed E-state index contributed by atoms with van der Waals surface area (Å²) in [6.07, 6.45) is -4.17. The zero-order valence-corrected chi connectivity index (χ0v) is 12.1. The number of fused-ring (bicyclic) bond motifs is 1. The van der Waals surface area contributed by atoms with Gasteiger partial charge in [-0.25, -0.2) is 0 Å². The third-order valence-corrected chi connectivity index (χ3v) is 3.20. The number of carbonyl (C=O) groups excluding carboxylic acids is 1. The first-order chi connectivity index (χ1) is 10.4. The SMILES string of the molecule is Cc1[nH]c2ccccc2c1CC(=O)NCCOCC(F)(F)F. The van der Waals surface area contributed by atoms with Crippen molar-refractivity contribution in [3.05, 3.63) is 35.5 Å². The van der Waals surface area contributed by atoms with Gasteiger partial charge in [0.05, 0.1) is 13.0 Å². The van der Waals surface area contributed by atoms with Crippen LogP contribution < -0.4 is 5.32 Å². The van der Waals surface area contributed by atoms with E-state index in [9.17, 15) is 18.0 Å². The molecule has 2 N–H and O–H groups in total. The Labute approximate surface area is 125 Å². The number of alkyl halides is 3. The second kappa shape index (κ2) is 6.83. The van der Waals surface area contributed by atoms with Crippen molar-refractivity contribution in [3.63, 3.8) is 0 Å². The number of ether oxygens (including phenoxy) is 1. The fourth-order valence-corrected chi connectivity index (χ4v) is 2.24. The highest BCUT2D eigenvalue weighted by atomic mass is 19.4. The van der Waals surface area contributed by atoms with Crippen molar-refractivity contribution in [2.45, 2.75) is 19.5 Å². The molecule has 0 fully saturated rings. The maximum absolute atomic E-state index is 11.9. The zero-order chi connectivity index (χ0) is 16.2. The van der Waals surface area contributed by atoms with Crippen molar-refractivity contribution < 1.29 is 22.7 Å². The largest absolute Gasteiger partial charge is 0.411 e. The summed E-state index contributed by atoms with van der Waals surface area (Å²) in [5.41, 5.74) is 2.75. The maximum atomic E-state index is 11.9. The molecule has 0 aliphatic rings. The Kier molecular flexibility index (Phi) is 5.07. The van der Waals surface area contributed by atoms with E-state index < -0.39 is 12.8 Å². The molecule has 4 nitrogen and oxygen atoms in total. The van der Waals surface area contributed by atoms with Crippen LogP contribution in [-0.2, 0) is 16.0 Å². The first-order valence-electron chi connectivity index (χ1n) is 6.84. The molecule has 0 saturated carbocycles. The van der Waals surface area contributed by atoms with E-state index in [1.807, 2.05) is 31.2 Å². The van der Waals surface area contributed by atoms with Crippen LogP contribution in [0, 0.1) is 6.92 Å². The summed E-state index contributed by atoms with van der Waals surface area (Å²) in [4.78, 5) is 15.1. The van der Waals surface area contributed by atoms with Crippen molar-refractivity contribution in [1.29, 1.82) is 0 Å². The molecule has 0 bridgehead atoms. The molecule has 2 rings (SSSR count). The van der Waals surface area contributed by atoms with Crippen molar-refractivity contribution in [2.24, 2.45) is 0 Å². The van der Waals surface area contributed by atoms with Gasteiger partial charge in [0.15, 0.2) is 0 Å². The average Bonchev–Trinajstić information content (AvgIpc) is 2.74. The van der Waals surface area contributed by atoms with E-state index in [0.717, 1.165) is 22.2 Å². The van der Waals surface area contributed by atoms with Gasteiger partial charge < -0.3 is 15.0 Å². The fraction of sp³-hybridized carbons (Fsp3) is 0.400. The second-order valence-electron chi connectivity index (χ2n) is 4.97. The Balaban J connectivity index is 1.83. The molecule has 0 unspecified atom stereocenters. The Morgan fingerprint density at radius 1 is 1.32 bits per heavy atom. The van der Waals surface area contributed by atoms with Gasteiger partial charge in [-0.15, -0.1) is 0 Å². The number of hydrogen-bond acceptors (Lipinski definition) is 2. The molecule has 0 radical (unpaired) electrons. The van der Waals surface area contributed by atoms with Gasteiger partial charge in [-0.1, -0.05) is 18.2 Å². The highest BCUT2D eigenvalue weighted by molar-refractivity contribution is 5.90. The van der Waals surface area contributed by atoms with Gasteiger partial charge in [0, 0.05) is 23.1 Å². The van der Waals surface area contributed by atoms with Gasteiger partial charge in [0.1, 0.15) is 6.61 Å². The smallest absolute Gasteiger partial charge is 0.370 e. The highest BCUT2D eigenvalue weighted by Crippen LogP contribution is 2.22. The van der Waals surface area contributed by atoms with Gasteiger partial charge in [-0.05, 0) is 18.6 Å². The molecule has 1 aromatic carbocycles. The number of hydrogen-bond donors (Lipinski definition) is 2. The second-order valence-corrected chi connectivity index (χ2v) is 4.97. The van der Waals surface area contributed by atoms with Crippen molar-refractivity contribution in [2.75, 3.05) is 19.8 Å². The van der Waals surface area contributed by atoms with Gasteiger partial charge >= 0.3 is 6.18 Å². The average molecular weight is 314 g/mol. The standard InChI is InChI=1S/C15H17F3N2O2/c1-10-12(11-4-2-3-5-13(11)20-10)8-14(21)19-6-7-22-9-15(16,17)18/h2-5,20H,6-9H2,1H3,(H,19,21). The molecule has 7 heteroatoms. The number of carbonyl (C=O) groups is 1. The molecule has 1 amide bonds. The van der Waals surface area contributed by atoms with E-state index in [1.54, 1.807) is 0 Å². The molecular weight excluding hydrogens is 297 g/mol. The molecule has 0 aliphatic heterocycles. The number of para-hydroxylation sites is 1. The Hall–Kier alpha value is -2.02. The summed E-state index contributed by atoms with van der Waals surface area (Å²) in [6, 6.07) is 7.64. The minimum atomic E-state index is -4.34. The van der Waals surface area contributed by atoms with Crippen LogP contribution in [0.1, 0.15) is 11.3 Å². The van der Waals surface area contributed by atoms with E-state index in [1.165, 1.54) is 0 Å². The molecular formula is C15H17F3N2O2. The van der Waals surface area contributed by atoms with E-state index in [-0.39, 0.29) is 25.5 Å². The predicted octanol–water partition coefficient (Wildman–Crippen LogP) is 2.71. The number of benzene rings is 1. The van der Waals surface area contributed by atoms with Crippen LogP contribution in [-0.4, -0.2) is 36.8 Å². The lowest BCUT2D eigenvalue weighted by atomic mass is 10.1. The lowest BCUT2D eigenvalue weighted by Gasteiger charge is -2.08. The Morgan fingerprint density at radius 3 is 2.77 bits per heavy atom. The number of aromatic nitrogens is 1. The quantitative estimate of drug-likeness (QED) is 0.806. The third kappa shape index (κ3) is 4.49. The van der Waals surface area contributed by atoms with Crippen LogP contribution in [0.25, 0.3) is 10.9 Å². The van der Waals surface area contributed by atoms with Crippen LogP contribution in [0.2, 0.25) is 0 Å². The number of H-pyrrole nitrogens is 1. The van der Waals surface area contributed by atoms with Gasteiger partial charge in [-0.2, -0.15) is 13.2 Å². The van der Waals surface area contributed by atoms with Gasteiger partial charge in [0.2, 0.25) is 5.91 Å². The molecule has 0 aliphatic carbocycles. The Bertz CT molecular complexity index is 650. The number of amides is 1. The number of aromatic amines is 1. The van der Waals surface area contributed by atoms with E-state index in [0.29, 0.717) is 0 Å². The van der Waals surface area contributed by atoms with Crippen LogP contribution in [0.5, 0.6) is 0 Å². The first-order valence-corrected chi connectivity index (χ1v) is 6.84.